The van der Waals surface area contributed by atoms with Gasteiger partial charge in [0.1, 0.15) is 5.75 Å². The molecule has 2 rings (SSSR count). The summed E-state index contributed by atoms with van der Waals surface area (Å²) in [5.74, 6) is 0.212. The van der Waals surface area contributed by atoms with Gasteiger partial charge in [0.2, 0.25) is 0 Å². The third kappa shape index (κ3) is 3.50. The van der Waals surface area contributed by atoms with Crippen LogP contribution in [0, 0.1) is 12.7 Å². The van der Waals surface area contributed by atoms with E-state index in [4.69, 9.17) is 22.1 Å². The Morgan fingerprint density at radius 3 is 2.70 bits per heavy atom. The maximum atomic E-state index is 14.0. The number of ether oxygens (including phenoxy) is 1. The Morgan fingerprint density at radius 1 is 1.30 bits per heavy atom. The largest absolute Gasteiger partial charge is 0.452 e. The van der Waals surface area contributed by atoms with Gasteiger partial charge < -0.3 is 10.5 Å². The fourth-order valence-corrected chi connectivity index (χ4v) is 2.25. The van der Waals surface area contributed by atoms with E-state index in [2.05, 4.69) is 0 Å². The van der Waals surface area contributed by atoms with Crippen molar-refractivity contribution in [3.05, 3.63) is 58.4 Å². The summed E-state index contributed by atoms with van der Waals surface area (Å²) in [5, 5.41) is 0.458. The number of halogens is 2. The predicted molar refractivity (Wildman–Crippen MR) is 80.0 cm³/mol. The van der Waals surface area contributed by atoms with Crippen LogP contribution >= 0.6 is 11.6 Å². The van der Waals surface area contributed by atoms with E-state index in [1.807, 2.05) is 26.0 Å². The summed E-state index contributed by atoms with van der Waals surface area (Å²) in [6, 6.07) is 10.1. The Balaban J connectivity index is 2.37. The van der Waals surface area contributed by atoms with Gasteiger partial charge in [0.25, 0.3) is 0 Å². The molecule has 2 aromatic rings. The Morgan fingerprint density at radius 2 is 2.05 bits per heavy atom. The first-order chi connectivity index (χ1) is 9.47. The molecule has 0 heterocycles. The molecule has 0 aromatic heterocycles. The molecule has 20 heavy (non-hydrogen) atoms. The first kappa shape index (κ1) is 14.8. The van der Waals surface area contributed by atoms with E-state index in [9.17, 15) is 4.39 Å². The summed E-state index contributed by atoms with van der Waals surface area (Å²) in [7, 11) is 0. The maximum absolute atomic E-state index is 14.0. The molecule has 0 aliphatic carbocycles. The van der Waals surface area contributed by atoms with Crippen molar-refractivity contribution in [2.24, 2.45) is 5.73 Å². The molecule has 0 spiro atoms. The summed E-state index contributed by atoms with van der Waals surface area (Å²) in [5.41, 5.74) is 7.54. The zero-order chi connectivity index (χ0) is 14.7. The number of para-hydroxylation sites is 1. The van der Waals surface area contributed by atoms with E-state index in [-0.39, 0.29) is 11.8 Å². The average Bonchev–Trinajstić information content (AvgIpc) is 2.35. The van der Waals surface area contributed by atoms with Crippen LogP contribution in [0.5, 0.6) is 11.5 Å². The van der Waals surface area contributed by atoms with E-state index in [1.54, 1.807) is 18.2 Å². The molecule has 0 saturated carbocycles. The zero-order valence-corrected chi connectivity index (χ0v) is 12.2. The van der Waals surface area contributed by atoms with Crippen molar-refractivity contribution in [3.8, 4) is 11.5 Å². The van der Waals surface area contributed by atoms with Crippen molar-refractivity contribution in [2.45, 2.75) is 26.3 Å². The number of nitrogens with two attached hydrogens (primary N) is 1. The standard InChI is InChI=1S/C16H17ClFNO/c1-10-6-7-15(13(17)8-10)20-16-12(9-11(2)19)4-3-5-14(16)18/h3-8,11H,9,19H2,1-2H3. The van der Waals surface area contributed by atoms with Gasteiger partial charge in [-0.1, -0.05) is 29.8 Å². The minimum Gasteiger partial charge on any atom is -0.452 e. The highest BCUT2D eigenvalue weighted by molar-refractivity contribution is 6.32. The number of hydrogen-bond donors (Lipinski definition) is 1. The second-order valence-corrected chi connectivity index (χ2v) is 5.35. The van der Waals surface area contributed by atoms with E-state index < -0.39 is 5.82 Å². The van der Waals surface area contributed by atoms with Crippen LogP contribution in [0.15, 0.2) is 36.4 Å². The Bertz CT molecular complexity index is 613. The van der Waals surface area contributed by atoms with E-state index in [0.717, 1.165) is 11.1 Å². The van der Waals surface area contributed by atoms with Crippen LogP contribution in [0.2, 0.25) is 5.02 Å². The fraction of sp³-hybridized carbons (Fsp3) is 0.250. The smallest absolute Gasteiger partial charge is 0.166 e. The van der Waals surface area contributed by atoms with E-state index >= 15 is 0 Å². The van der Waals surface area contributed by atoms with Gasteiger partial charge in [-0.3, -0.25) is 0 Å². The molecule has 4 heteroatoms. The van der Waals surface area contributed by atoms with Crippen molar-refractivity contribution in [1.82, 2.24) is 0 Å². The molecule has 2 aromatic carbocycles. The third-order valence-corrected chi connectivity index (χ3v) is 3.19. The molecule has 2 N–H and O–H groups in total. The summed E-state index contributed by atoms with van der Waals surface area (Å²) in [6.07, 6.45) is 0.538. The van der Waals surface area contributed by atoms with Crippen molar-refractivity contribution in [1.29, 1.82) is 0 Å². The predicted octanol–water partition coefficient (Wildman–Crippen LogP) is 4.47. The molecule has 0 saturated heterocycles. The lowest BCUT2D eigenvalue weighted by molar-refractivity contribution is 0.434. The molecule has 0 amide bonds. The van der Waals surface area contributed by atoms with Crippen LogP contribution in [-0.4, -0.2) is 6.04 Å². The Kier molecular flexibility index (Phi) is 4.63. The normalized spacial score (nSPS) is 12.2. The molecule has 1 atom stereocenters. The van der Waals surface area contributed by atoms with Gasteiger partial charge in [-0.15, -0.1) is 0 Å². The molecule has 2 nitrogen and oxygen atoms in total. The molecule has 1 unspecified atom stereocenters. The van der Waals surface area contributed by atoms with E-state index in [1.165, 1.54) is 6.07 Å². The minimum absolute atomic E-state index is 0.0763. The monoisotopic (exact) mass is 293 g/mol. The van der Waals surface area contributed by atoms with Crippen molar-refractivity contribution in [2.75, 3.05) is 0 Å². The van der Waals surface area contributed by atoms with Crippen LogP contribution in [0.4, 0.5) is 4.39 Å². The lowest BCUT2D eigenvalue weighted by Gasteiger charge is -2.14. The molecule has 0 fully saturated rings. The second-order valence-electron chi connectivity index (χ2n) is 4.95. The Hall–Kier alpha value is -1.58. The van der Waals surface area contributed by atoms with Gasteiger partial charge in [0.15, 0.2) is 11.6 Å². The minimum atomic E-state index is -0.417. The zero-order valence-electron chi connectivity index (χ0n) is 11.5. The SMILES string of the molecule is Cc1ccc(Oc2c(F)cccc2CC(C)N)c(Cl)c1. The highest BCUT2D eigenvalue weighted by Gasteiger charge is 2.14. The quantitative estimate of drug-likeness (QED) is 0.902. The lowest BCUT2D eigenvalue weighted by atomic mass is 10.1. The van der Waals surface area contributed by atoms with Gasteiger partial charge in [-0.05, 0) is 49.6 Å². The van der Waals surface area contributed by atoms with Gasteiger partial charge in [0, 0.05) is 6.04 Å². The highest BCUT2D eigenvalue weighted by atomic mass is 35.5. The first-order valence-electron chi connectivity index (χ1n) is 6.44. The molecule has 0 aliphatic rings. The van der Waals surface area contributed by atoms with Crippen LogP contribution in [0.3, 0.4) is 0 Å². The molecule has 0 bridgehead atoms. The highest BCUT2D eigenvalue weighted by Crippen LogP contribution is 2.33. The van der Waals surface area contributed by atoms with Crippen molar-refractivity contribution in [3.63, 3.8) is 0 Å². The van der Waals surface area contributed by atoms with Gasteiger partial charge in [0.05, 0.1) is 5.02 Å². The fourth-order valence-electron chi connectivity index (χ4n) is 1.97. The molecule has 0 radical (unpaired) electrons. The van der Waals surface area contributed by atoms with Crippen LogP contribution in [-0.2, 0) is 6.42 Å². The maximum Gasteiger partial charge on any atom is 0.166 e. The third-order valence-electron chi connectivity index (χ3n) is 2.89. The van der Waals surface area contributed by atoms with Crippen LogP contribution in [0.25, 0.3) is 0 Å². The second kappa shape index (κ2) is 6.25. The first-order valence-corrected chi connectivity index (χ1v) is 6.82. The topological polar surface area (TPSA) is 35.2 Å². The average molecular weight is 294 g/mol. The van der Waals surface area contributed by atoms with Crippen LogP contribution in [0.1, 0.15) is 18.1 Å². The Labute approximate surface area is 123 Å². The lowest BCUT2D eigenvalue weighted by Crippen LogP contribution is -2.18. The molecular weight excluding hydrogens is 277 g/mol. The molecule has 106 valence electrons. The van der Waals surface area contributed by atoms with E-state index in [0.29, 0.717) is 17.2 Å². The van der Waals surface area contributed by atoms with Crippen molar-refractivity contribution >= 4 is 11.6 Å². The summed E-state index contributed by atoms with van der Waals surface area (Å²) in [6.45, 7) is 3.80. The van der Waals surface area contributed by atoms with Gasteiger partial charge in [-0.25, -0.2) is 4.39 Å². The number of benzene rings is 2. The molecule has 0 aliphatic heterocycles. The summed E-state index contributed by atoms with van der Waals surface area (Å²) in [4.78, 5) is 0. The number of aryl methyl sites for hydroxylation is 1. The molecular formula is C16H17ClFNO. The van der Waals surface area contributed by atoms with Gasteiger partial charge >= 0.3 is 0 Å². The van der Waals surface area contributed by atoms with Gasteiger partial charge in [-0.2, -0.15) is 0 Å². The summed E-state index contributed by atoms with van der Waals surface area (Å²) < 4.78 is 19.7. The van der Waals surface area contributed by atoms with Crippen molar-refractivity contribution < 1.29 is 9.13 Å². The number of rotatable bonds is 4. The summed E-state index contributed by atoms with van der Waals surface area (Å²) >= 11 is 6.12. The van der Waals surface area contributed by atoms with Crippen LogP contribution < -0.4 is 10.5 Å². The number of hydrogen-bond acceptors (Lipinski definition) is 2.